The van der Waals surface area contributed by atoms with Crippen molar-refractivity contribution >= 4 is 45.0 Å². The molecule has 21 heavy (non-hydrogen) atoms. The Morgan fingerprint density at radius 2 is 2.00 bits per heavy atom. The quantitative estimate of drug-likeness (QED) is 0.748. The van der Waals surface area contributed by atoms with E-state index in [2.05, 4.69) is 21.2 Å². The van der Waals surface area contributed by atoms with Crippen LogP contribution in [0.1, 0.15) is 28.9 Å². The number of halogens is 4. The summed E-state index contributed by atoms with van der Waals surface area (Å²) >= 11 is 15.0. The second kappa shape index (κ2) is 6.77. The van der Waals surface area contributed by atoms with E-state index >= 15 is 0 Å². The molecule has 2 aromatic carbocycles. The van der Waals surface area contributed by atoms with E-state index < -0.39 is 11.7 Å². The molecule has 0 aliphatic heterocycles. The summed E-state index contributed by atoms with van der Waals surface area (Å²) in [4.78, 5) is 12.1. The highest BCUT2D eigenvalue weighted by atomic mass is 79.9. The zero-order chi connectivity index (χ0) is 15.6. The molecule has 1 N–H and O–H groups in total. The molecule has 0 heterocycles. The van der Waals surface area contributed by atoms with Gasteiger partial charge < -0.3 is 5.32 Å². The van der Waals surface area contributed by atoms with Crippen LogP contribution in [0.4, 0.5) is 4.39 Å². The topological polar surface area (TPSA) is 29.1 Å². The highest BCUT2D eigenvalue weighted by molar-refractivity contribution is 9.10. The van der Waals surface area contributed by atoms with Gasteiger partial charge in [0.25, 0.3) is 5.91 Å². The smallest absolute Gasteiger partial charge is 0.254 e. The number of nitrogens with one attached hydrogen (secondary N) is 1. The Morgan fingerprint density at radius 3 is 2.67 bits per heavy atom. The highest BCUT2D eigenvalue weighted by Crippen LogP contribution is 2.26. The third kappa shape index (κ3) is 3.76. The van der Waals surface area contributed by atoms with Crippen molar-refractivity contribution in [1.29, 1.82) is 0 Å². The second-order valence-electron chi connectivity index (χ2n) is 4.46. The fourth-order valence-corrected chi connectivity index (χ4v) is 2.82. The summed E-state index contributed by atoms with van der Waals surface area (Å²) < 4.78 is 14.1. The number of hydrogen-bond acceptors (Lipinski definition) is 1. The minimum absolute atomic E-state index is 0.0266. The standard InChI is InChI=1S/C15H11BrCl2FNO/c1-8(10-6-5-9(17)7-13(10)18)20-15(21)11-3-2-4-12(16)14(11)19/h2-8H,1H3,(H,20,21). The maximum absolute atomic E-state index is 13.9. The summed E-state index contributed by atoms with van der Waals surface area (Å²) in [5.41, 5.74) is 0.686. The van der Waals surface area contributed by atoms with Gasteiger partial charge in [-0.25, -0.2) is 4.39 Å². The van der Waals surface area contributed by atoms with Crippen LogP contribution in [0.2, 0.25) is 10.0 Å². The first-order valence-electron chi connectivity index (χ1n) is 6.10. The third-order valence-corrected chi connectivity index (χ3v) is 4.15. The minimum Gasteiger partial charge on any atom is -0.345 e. The van der Waals surface area contributed by atoms with Gasteiger partial charge in [-0.1, -0.05) is 35.3 Å². The molecule has 0 aliphatic rings. The fraction of sp³-hybridized carbons (Fsp3) is 0.133. The zero-order valence-electron chi connectivity index (χ0n) is 11.0. The van der Waals surface area contributed by atoms with E-state index in [1.165, 1.54) is 12.1 Å². The predicted molar refractivity (Wildman–Crippen MR) is 86.4 cm³/mol. The van der Waals surface area contributed by atoms with Crippen molar-refractivity contribution in [2.75, 3.05) is 0 Å². The van der Waals surface area contributed by atoms with Gasteiger partial charge in [-0.2, -0.15) is 0 Å². The Kier molecular flexibility index (Phi) is 5.25. The van der Waals surface area contributed by atoms with Crippen molar-refractivity contribution < 1.29 is 9.18 Å². The van der Waals surface area contributed by atoms with Gasteiger partial charge in [-0.3, -0.25) is 4.79 Å². The van der Waals surface area contributed by atoms with E-state index in [1.54, 1.807) is 31.2 Å². The van der Waals surface area contributed by atoms with E-state index in [0.717, 1.165) is 0 Å². The molecule has 110 valence electrons. The molecular formula is C15H11BrCl2FNO. The molecule has 0 saturated heterocycles. The molecule has 0 bridgehead atoms. The SMILES string of the molecule is CC(NC(=O)c1cccc(Br)c1F)c1ccc(Cl)cc1Cl. The molecule has 1 amide bonds. The maximum Gasteiger partial charge on any atom is 0.254 e. The van der Waals surface area contributed by atoms with Crippen LogP contribution in [0, 0.1) is 5.82 Å². The van der Waals surface area contributed by atoms with Gasteiger partial charge in [0, 0.05) is 10.0 Å². The molecule has 1 unspecified atom stereocenters. The molecule has 0 radical (unpaired) electrons. The van der Waals surface area contributed by atoms with Gasteiger partial charge in [0.15, 0.2) is 0 Å². The maximum atomic E-state index is 13.9. The van der Waals surface area contributed by atoms with Crippen LogP contribution in [-0.4, -0.2) is 5.91 Å². The van der Waals surface area contributed by atoms with Crippen LogP contribution in [-0.2, 0) is 0 Å². The summed E-state index contributed by atoms with van der Waals surface area (Å²) in [6, 6.07) is 9.19. The molecule has 0 aromatic heterocycles. The Morgan fingerprint density at radius 1 is 1.29 bits per heavy atom. The molecule has 1 atom stereocenters. The monoisotopic (exact) mass is 389 g/mol. The highest BCUT2D eigenvalue weighted by Gasteiger charge is 2.18. The summed E-state index contributed by atoms with van der Waals surface area (Å²) in [7, 11) is 0. The lowest BCUT2D eigenvalue weighted by Gasteiger charge is -2.16. The molecule has 0 fully saturated rings. The number of carbonyl (C=O) groups excluding carboxylic acids is 1. The Bertz CT molecular complexity index is 693. The lowest BCUT2D eigenvalue weighted by Crippen LogP contribution is -2.27. The predicted octanol–water partition coefficient (Wildman–Crippen LogP) is 5.39. The molecule has 0 saturated carbocycles. The molecule has 6 heteroatoms. The van der Waals surface area contributed by atoms with E-state index in [1.807, 2.05) is 0 Å². The largest absolute Gasteiger partial charge is 0.345 e. The average Bonchev–Trinajstić information content (AvgIpc) is 2.41. The average molecular weight is 391 g/mol. The third-order valence-electron chi connectivity index (χ3n) is 2.97. The minimum atomic E-state index is -0.593. The van der Waals surface area contributed by atoms with Crippen LogP contribution in [0.25, 0.3) is 0 Å². The Balaban J connectivity index is 2.21. The molecular weight excluding hydrogens is 380 g/mol. The van der Waals surface area contributed by atoms with Gasteiger partial charge in [-0.15, -0.1) is 0 Å². The summed E-state index contributed by atoms with van der Waals surface area (Å²) in [5, 5.41) is 3.68. The first kappa shape index (κ1) is 16.3. The number of rotatable bonds is 3. The normalized spacial score (nSPS) is 12.0. The van der Waals surface area contributed by atoms with Crippen LogP contribution >= 0.6 is 39.1 Å². The number of carbonyl (C=O) groups is 1. The van der Waals surface area contributed by atoms with Crippen molar-refractivity contribution in [3.05, 3.63) is 67.9 Å². The van der Waals surface area contributed by atoms with Crippen LogP contribution in [0.3, 0.4) is 0 Å². The van der Waals surface area contributed by atoms with Crippen molar-refractivity contribution in [1.82, 2.24) is 5.32 Å². The summed E-state index contributed by atoms with van der Waals surface area (Å²) in [6.45, 7) is 1.77. The zero-order valence-corrected chi connectivity index (χ0v) is 14.1. The molecule has 0 spiro atoms. The van der Waals surface area contributed by atoms with E-state index in [0.29, 0.717) is 15.6 Å². The molecule has 0 aliphatic carbocycles. The second-order valence-corrected chi connectivity index (χ2v) is 6.16. The number of benzene rings is 2. The van der Waals surface area contributed by atoms with Gasteiger partial charge in [0.1, 0.15) is 5.82 Å². The van der Waals surface area contributed by atoms with Gasteiger partial charge in [0.2, 0.25) is 0 Å². The van der Waals surface area contributed by atoms with Crippen molar-refractivity contribution in [2.45, 2.75) is 13.0 Å². The summed E-state index contributed by atoms with van der Waals surface area (Å²) in [5.74, 6) is -1.10. The van der Waals surface area contributed by atoms with Crippen LogP contribution in [0.5, 0.6) is 0 Å². The Labute approximate surface area is 140 Å². The van der Waals surface area contributed by atoms with Gasteiger partial charge in [-0.05, 0) is 52.7 Å². The van der Waals surface area contributed by atoms with E-state index in [9.17, 15) is 9.18 Å². The van der Waals surface area contributed by atoms with Gasteiger partial charge in [0.05, 0.1) is 16.1 Å². The van der Waals surface area contributed by atoms with Crippen LogP contribution < -0.4 is 5.32 Å². The lowest BCUT2D eigenvalue weighted by atomic mass is 10.1. The van der Waals surface area contributed by atoms with E-state index in [4.69, 9.17) is 23.2 Å². The summed E-state index contributed by atoms with van der Waals surface area (Å²) in [6.07, 6.45) is 0. The first-order chi connectivity index (χ1) is 9.90. The van der Waals surface area contributed by atoms with E-state index in [-0.39, 0.29) is 16.1 Å². The van der Waals surface area contributed by atoms with Gasteiger partial charge >= 0.3 is 0 Å². The molecule has 2 rings (SSSR count). The van der Waals surface area contributed by atoms with Crippen molar-refractivity contribution in [2.24, 2.45) is 0 Å². The number of hydrogen-bond donors (Lipinski definition) is 1. The van der Waals surface area contributed by atoms with Crippen LogP contribution in [0.15, 0.2) is 40.9 Å². The first-order valence-corrected chi connectivity index (χ1v) is 7.65. The van der Waals surface area contributed by atoms with Crippen molar-refractivity contribution in [3.63, 3.8) is 0 Å². The van der Waals surface area contributed by atoms with Crippen molar-refractivity contribution in [3.8, 4) is 0 Å². The fourth-order valence-electron chi connectivity index (χ4n) is 1.88. The molecule has 2 nitrogen and oxygen atoms in total. The Hall–Kier alpha value is -1.10. The lowest BCUT2D eigenvalue weighted by molar-refractivity contribution is 0.0935. The molecule has 2 aromatic rings. The number of amides is 1.